The minimum atomic E-state index is 0.0506. The Labute approximate surface area is 97.2 Å². The quantitative estimate of drug-likeness (QED) is 0.755. The van der Waals surface area contributed by atoms with Crippen molar-refractivity contribution in [1.82, 2.24) is 15.1 Å². The van der Waals surface area contributed by atoms with E-state index in [1.54, 1.807) is 0 Å². The number of rotatable bonds is 1. The standard InChI is InChI=1S/C12H22N4/c1-12(2,3)16-8-9(7-15-16)11-6-10(13)4-5-14-11/h7-8,10-11,14H,4-6,13H2,1-3H3. The van der Waals surface area contributed by atoms with Gasteiger partial charge in [0.2, 0.25) is 0 Å². The Hall–Kier alpha value is -0.870. The van der Waals surface area contributed by atoms with Crippen molar-refractivity contribution < 1.29 is 0 Å². The zero-order chi connectivity index (χ0) is 11.8. The molecule has 1 aromatic heterocycles. The van der Waals surface area contributed by atoms with Crippen LogP contribution in [0.3, 0.4) is 0 Å². The second-order valence-electron chi connectivity index (χ2n) is 5.68. The van der Waals surface area contributed by atoms with Gasteiger partial charge in [-0.15, -0.1) is 0 Å². The molecule has 90 valence electrons. The van der Waals surface area contributed by atoms with Gasteiger partial charge in [-0.25, -0.2) is 0 Å². The second-order valence-corrected chi connectivity index (χ2v) is 5.68. The molecule has 0 spiro atoms. The van der Waals surface area contributed by atoms with Crippen LogP contribution in [0.5, 0.6) is 0 Å². The van der Waals surface area contributed by atoms with E-state index in [9.17, 15) is 0 Å². The summed E-state index contributed by atoms with van der Waals surface area (Å²) in [6.07, 6.45) is 6.18. The molecule has 0 bridgehead atoms. The monoisotopic (exact) mass is 222 g/mol. The normalized spacial score (nSPS) is 27.0. The van der Waals surface area contributed by atoms with Crippen LogP contribution in [0.15, 0.2) is 12.4 Å². The second kappa shape index (κ2) is 4.18. The van der Waals surface area contributed by atoms with E-state index in [-0.39, 0.29) is 5.54 Å². The van der Waals surface area contributed by atoms with Crippen LogP contribution in [0.1, 0.15) is 45.2 Å². The number of nitrogens with one attached hydrogen (secondary N) is 1. The van der Waals surface area contributed by atoms with Gasteiger partial charge in [0.15, 0.2) is 0 Å². The Morgan fingerprint density at radius 3 is 2.81 bits per heavy atom. The van der Waals surface area contributed by atoms with Crippen molar-refractivity contribution in [2.24, 2.45) is 5.73 Å². The van der Waals surface area contributed by atoms with Crippen LogP contribution in [0.25, 0.3) is 0 Å². The Balaban J connectivity index is 2.12. The molecular weight excluding hydrogens is 200 g/mol. The SMILES string of the molecule is CC(C)(C)n1cc(C2CC(N)CCN2)cn1. The van der Waals surface area contributed by atoms with Gasteiger partial charge < -0.3 is 11.1 Å². The van der Waals surface area contributed by atoms with Crippen molar-refractivity contribution >= 4 is 0 Å². The zero-order valence-electron chi connectivity index (χ0n) is 10.4. The van der Waals surface area contributed by atoms with Gasteiger partial charge in [-0.05, 0) is 40.2 Å². The minimum absolute atomic E-state index is 0.0506. The van der Waals surface area contributed by atoms with Gasteiger partial charge in [-0.3, -0.25) is 4.68 Å². The van der Waals surface area contributed by atoms with Crippen LogP contribution in [0, 0.1) is 0 Å². The highest BCUT2D eigenvalue weighted by atomic mass is 15.3. The molecule has 16 heavy (non-hydrogen) atoms. The fraction of sp³-hybridized carbons (Fsp3) is 0.750. The molecule has 0 aliphatic carbocycles. The molecule has 0 radical (unpaired) electrons. The lowest BCUT2D eigenvalue weighted by Gasteiger charge is -2.27. The third-order valence-electron chi connectivity index (χ3n) is 3.14. The van der Waals surface area contributed by atoms with E-state index < -0.39 is 0 Å². The lowest BCUT2D eigenvalue weighted by atomic mass is 9.96. The van der Waals surface area contributed by atoms with Crippen molar-refractivity contribution in [1.29, 1.82) is 0 Å². The summed E-state index contributed by atoms with van der Waals surface area (Å²) >= 11 is 0. The lowest BCUT2D eigenvalue weighted by molar-refractivity contribution is 0.351. The maximum atomic E-state index is 5.99. The van der Waals surface area contributed by atoms with E-state index in [2.05, 4.69) is 37.4 Å². The summed E-state index contributed by atoms with van der Waals surface area (Å²) in [6.45, 7) is 7.48. The van der Waals surface area contributed by atoms with E-state index in [4.69, 9.17) is 5.73 Å². The number of hydrogen-bond acceptors (Lipinski definition) is 3. The molecule has 4 heteroatoms. The molecule has 0 amide bonds. The summed E-state index contributed by atoms with van der Waals surface area (Å²) in [7, 11) is 0. The van der Waals surface area contributed by atoms with Gasteiger partial charge in [0.25, 0.3) is 0 Å². The van der Waals surface area contributed by atoms with Crippen LogP contribution in [0.4, 0.5) is 0 Å². The van der Waals surface area contributed by atoms with Crippen molar-refractivity contribution in [2.45, 2.75) is 51.2 Å². The Kier molecular flexibility index (Phi) is 3.04. The Morgan fingerprint density at radius 2 is 2.25 bits per heavy atom. The fourth-order valence-corrected chi connectivity index (χ4v) is 2.08. The first-order chi connectivity index (χ1) is 7.47. The summed E-state index contributed by atoms with van der Waals surface area (Å²) in [5.74, 6) is 0. The smallest absolute Gasteiger partial charge is 0.0543 e. The van der Waals surface area contributed by atoms with Gasteiger partial charge in [-0.1, -0.05) is 0 Å². The summed E-state index contributed by atoms with van der Waals surface area (Å²) < 4.78 is 2.02. The van der Waals surface area contributed by atoms with Gasteiger partial charge in [-0.2, -0.15) is 5.10 Å². The molecule has 0 aromatic carbocycles. The first-order valence-electron chi connectivity index (χ1n) is 6.01. The number of hydrogen-bond donors (Lipinski definition) is 2. The first-order valence-corrected chi connectivity index (χ1v) is 6.01. The van der Waals surface area contributed by atoms with Gasteiger partial charge in [0, 0.05) is 23.8 Å². The van der Waals surface area contributed by atoms with Gasteiger partial charge in [0.05, 0.1) is 11.7 Å². The molecule has 1 saturated heterocycles. The summed E-state index contributed by atoms with van der Waals surface area (Å²) in [5, 5.41) is 7.92. The summed E-state index contributed by atoms with van der Waals surface area (Å²) in [4.78, 5) is 0. The summed E-state index contributed by atoms with van der Waals surface area (Å²) in [6, 6.07) is 0.698. The first kappa shape index (κ1) is 11.6. The van der Waals surface area contributed by atoms with Crippen molar-refractivity contribution in [3.05, 3.63) is 18.0 Å². The topological polar surface area (TPSA) is 55.9 Å². The van der Waals surface area contributed by atoms with Crippen molar-refractivity contribution in [3.63, 3.8) is 0 Å². The highest BCUT2D eigenvalue weighted by Crippen LogP contribution is 2.23. The molecule has 2 atom stereocenters. The van der Waals surface area contributed by atoms with Crippen molar-refractivity contribution in [3.8, 4) is 0 Å². The Bertz CT molecular complexity index is 350. The lowest BCUT2D eigenvalue weighted by Crippen LogP contribution is -2.38. The molecule has 1 aliphatic rings. The minimum Gasteiger partial charge on any atom is -0.328 e. The van der Waals surface area contributed by atoms with Crippen molar-refractivity contribution in [2.75, 3.05) is 6.54 Å². The predicted molar refractivity (Wildman–Crippen MR) is 65.2 cm³/mol. The van der Waals surface area contributed by atoms with Crippen LogP contribution < -0.4 is 11.1 Å². The molecule has 2 unspecified atom stereocenters. The van der Waals surface area contributed by atoms with E-state index in [0.717, 1.165) is 19.4 Å². The van der Waals surface area contributed by atoms with E-state index in [0.29, 0.717) is 12.1 Å². The average Bonchev–Trinajstić information content (AvgIpc) is 2.65. The number of nitrogens with zero attached hydrogens (tertiary/aromatic N) is 2. The van der Waals surface area contributed by atoms with E-state index >= 15 is 0 Å². The molecule has 1 aliphatic heterocycles. The third-order valence-corrected chi connectivity index (χ3v) is 3.14. The third kappa shape index (κ3) is 2.44. The molecule has 1 fully saturated rings. The zero-order valence-corrected chi connectivity index (χ0v) is 10.4. The number of aromatic nitrogens is 2. The molecule has 2 heterocycles. The van der Waals surface area contributed by atoms with E-state index in [1.807, 2.05) is 10.9 Å². The van der Waals surface area contributed by atoms with Crippen LogP contribution in [0.2, 0.25) is 0 Å². The van der Waals surface area contributed by atoms with Crippen LogP contribution >= 0.6 is 0 Å². The highest BCUT2D eigenvalue weighted by molar-refractivity contribution is 5.12. The maximum absolute atomic E-state index is 5.99. The summed E-state index contributed by atoms with van der Waals surface area (Å²) in [5.41, 5.74) is 7.29. The average molecular weight is 222 g/mol. The molecule has 4 nitrogen and oxygen atoms in total. The number of piperidine rings is 1. The molecular formula is C12H22N4. The largest absolute Gasteiger partial charge is 0.328 e. The van der Waals surface area contributed by atoms with Gasteiger partial charge >= 0.3 is 0 Å². The molecule has 2 rings (SSSR count). The molecule has 0 saturated carbocycles. The maximum Gasteiger partial charge on any atom is 0.0543 e. The van der Waals surface area contributed by atoms with E-state index in [1.165, 1.54) is 5.56 Å². The predicted octanol–water partition coefficient (Wildman–Crippen LogP) is 1.39. The van der Waals surface area contributed by atoms with Crippen LogP contribution in [-0.2, 0) is 5.54 Å². The number of nitrogens with two attached hydrogens (primary N) is 1. The van der Waals surface area contributed by atoms with Crippen LogP contribution in [-0.4, -0.2) is 22.4 Å². The molecule has 3 N–H and O–H groups in total. The Morgan fingerprint density at radius 1 is 1.50 bits per heavy atom. The van der Waals surface area contributed by atoms with Gasteiger partial charge in [0.1, 0.15) is 0 Å². The highest BCUT2D eigenvalue weighted by Gasteiger charge is 2.22. The fourth-order valence-electron chi connectivity index (χ4n) is 2.08. The molecule has 1 aromatic rings.